The van der Waals surface area contributed by atoms with Crippen LogP contribution in [0.5, 0.6) is 0 Å². The normalized spacial score (nSPS) is 15.8. The molecule has 4 aromatic rings. The van der Waals surface area contributed by atoms with E-state index < -0.39 is 27.7 Å². The molecule has 0 spiro atoms. The Labute approximate surface area is 263 Å². The van der Waals surface area contributed by atoms with Crippen molar-refractivity contribution in [2.45, 2.75) is 23.9 Å². The molecule has 2 unspecified atom stereocenters. The Morgan fingerprint density at radius 3 is 1.27 bits per heavy atom. The van der Waals surface area contributed by atoms with Crippen molar-refractivity contribution < 1.29 is 26.6 Å². The summed E-state index contributed by atoms with van der Waals surface area (Å²) in [5, 5.41) is 0.733. The molecule has 15 heteroatoms. The molecule has 0 aliphatic carbocycles. The summed E-state index contributed by atoms with van der Waals surface area (Å²) in [5.41, 5.74) is 1.92. The fourth-order valence-electron chi connectivity index (χ4n) is 4.95. The largest absolute Gasteiger partial charge is 0.514 e. The van der Waals surface area contributed by atoms with E-state index in [0.29, 0.717) is 11.5 Å². The smallest absolute Gasteiger partial charge is 0.376 e. The molecule has 0 N–H and O–H groups in total. The fourth-order valence-corrected chi connectivity index (χ4v) is 19.3. The molecule has 0 bridgehead atoms. The van der Waals surface area contributed by atoms with Crippen LogP contribution in [0.4, 0.5) is 0 Å². The van der Waals surface area contributed by atoms with Gasteiger partial charge in [0.2, 0.25) is 0 Å². The lowest BCUT2D eigenvalue weighted by Gasteiger charge is -2.40. The van der Waals surface area contributed by atoms with Gasteiger partial charge in [0.25, 0.3) is 0 Å². The summed E-state index contributed by atoms with van der Waals surface area (Å²) in [6.07, 6.45) is 0. The SMILES string of the molecule is CO[Si](OC)(OC)C(C)(CSSSCC(C)(c1nc2ccccc2s1)[Si](OC)(OC)OC)c1nc2ccccc2s1. The first kappa shape index (κ1) is 33.4. The number of thiazole rings is 2. The third kappa shape index (κ3) is 6.08. The van der Waals surface area contributed by atoms with Crippen LogP contribution in [-0.4, -0.2) is 81.7 Å². The number of rotatable bonds is 16. The van der Waals surface area contributed by atoms with Gasteiger partial charge in [0, 0.05) is 54.2 Å². The molecular weight excluding hydrogens is 653 g/mol. The van der Waals surface area contributed by atoms with E-state index in [2.05, 4.69) is 26.0 Å². The van der Waals surface area contributed by atoms with Gasteiger partial charge in [0.15, 0.2) is 0 Å². The minimum atomic E-state index is -3.15. The molecular formula is C26H36N2O6S5Si2. The predicted molar refractivity (Wildman–Crippen MR) is 180 cm³/mol. The Morgan fingerprint density at radius 2 is 0.951 bits per heavy atom. The van der Waals surface area contributed by atoms with Crippen molar-refractivity contribution in [3.63, 3.8) is 0 Å². The minimum absolute atomic E-state index is 0.576. The summed E-state index contributed by atoms with van der Waals surface area (Å²) in [5.74, 6) is 1.34. The highest BCUT2D eigenvalue weighted by Gasteiger charge is 2.61. The van der Waals surface area contributed by atoms with Gasteiger partial charge in [-0.25, -0.2) is 9.97 Å². The molecule has 224 valence electrons. The van der Waals surface area contributed by atoms with Crippen molar-refractivity contribution in [1.29, 1.82) is 0 Å². The molecule has 41 heavy (non-hydrogen) atoms. The number of aromatic nitrogens is 2. The van der Waals surface area contributed by atoms with Crippen molar-refractivity contribution in [2.24, 2.45) is 0 Å². The fraction of sp³-hybridized carbons (Fsp3) is 0.462. The number of fused-ring (bicyclic) bond motifs is 2. The monoisotopic (exact) mass is 688 g/mol. The summed E-state index contributed by atoms with van der Waals surface area (Å²) in [4.78, 5) is 9.98. The number of nitrogens with zero attached hydrogens (tertiary/aromatic N) is 2. The molecule has 8 nitrogen and oxygen atoms in total. The Bertz CT molecular complexity index is 1250. The lowest BCUT2D eigenvalue weighted by atomic mass is 10.2. The quantitative estimate of drug-likeness (QED) is 0.0695. The van der Waals surface area contributed by atoms with E-state index in [1.54, 1.807) is 96.7 Å². The van der Waals surface area contributed by atoms with E-state index in [1.807, 2.05) is 36.4 Å². The van der Waals surface area contributed by atoms with Crippen molar-refractivity contribution in [3.8, 4) is 0 Å². The zero-order valence-corrected chi connectivity index (χ0v) is 30.5. The van der Waals surface area contributed by atoms with Crippen LogP contribution >= 0.6 is 54.1 Å². The van der Waals surface area contributed by atoms with Crippen LogP contribution in [0.2, 0.25) is 0 Å². The Balaban J connectivity index is 1.57. The van der Waals surface area contributed by atoms with Crippen molar-refractivity contribution in [3.05, 3.63) is 58.5 Å². The standard InChI is InChI=1S/C26H36N2O6S5Si2/c1-25(40(29-3,30-4)31-5,23-27-19-13-9-11-15-21(19)37-23)17-35-39-36-18-26(2,41(32-6,33-7)34-8)24-28-20-14-10-12-16-22(20)38-24/h9-16H,17-18H2,1-8H3. The minimum Gasteiger partial charge on any atom is -0.376 e. The van der Waals surface area contributed by atoms with Crippen molar-refractivity contribution in [2.75, 3.05) is 54.2 Å². The molecule has 2 aromatic heterocycles. The lowest BCUT2D eigenvalue weighted by molar-refractivity contribution is 0.0976. The maximum absolute atomic E-state index is 6.02. The molecule has 0 radical (unpaired) electrons. The molecule has 0 aliphatic heterocycles. The molecule has 0 saturated heterocycles. The van der Waals surface area contributed by atoms with Crippen LogP contribution in [0.15, 0.2) is 48.5 Å². The highest BCUT2D eigenvalue weighted by molar-refractivity contribution is 9.09. The van der Waals surface area contributed by atoms with Crippen molar-refractivity contribution >= 4 is 92.1 Å². The molecule has 0 aliphatic rings. The number of benzene rings is 2. The van der Waals surface area contributed by atoms with Gasteiger partial charge in [0.1, 0.15) is 10.0 Å². The summed E-state index contributed by atoms with van der Waals surface area (Å²) in [6.45, 7) is 4.27. The van der Waals surface area contributed by atoms with Gasteiger partial charge in [0.05, 0.1) is 30.5 Å². The number of hydrogen-bond donors (Lipinski definition) is 0. The average Bonchev–Trinajstić information content (AvgIpc) is 3.65. The van der Waals surface area contributed by atoms with Gasteiger partial charge >= 0.3 is 17.6 Å². The van der Waals surface area contributed by atoms with Crippen molar-refractivity contribution in [1.82, 2.24) is 9.97 Å². The van der Waals surface area contributed by atoms with Gasteiger partial charge in [-0.3, -0.25) is 0 Å². The average molecular weight is 689 g/mol. The van der Waals surface area contributed by atoms with Crippen LogP contribution in [0, 0.1) is 0 Å². The molecule has 0 saturated carbocycles. The molecule has 2 atom stereocenters. The first-order valence-corrected chi connectivity index (χ1v) is 21.6. The topological polar surface area (TPSA) is 81.2 Å². The molecule has 2 heterocycles. The maximum Gasteiger partial charge on any atom is 0.514 e. The molecule has 0 fully saturated rings. The Hall–Kier alpha value is -0.536. The zero-order chi connectivity index (χ0) is 29.7. The van der Waals surface area contributed by atoms with Gasteiger partial charge < -0.3 is 26.6 Å². The Morgan fingerprint density at radius 1 is 0.610 bits per heavy atom. The highest BCUT2D eigenvalue weighted by atomic mass is 33.5. The van der Waals surface area contributed by atoms with E-state index in [9.17, 15) is 0 Å². The molecule has 0 amide bonds. The van der Waals surface area contributed by atoms with Crippen LogP contribution in [0.3, 0.4) is 0 Å². The summed E-state index contributed by atoms with van der Waals surface area (Å²) in [7, 11) is 8.81. The van der Waals surface area contributed by atoms with Crippen LogP contribution in [0.25, 0.3) is 20.4 Å². The van der Waals surface area contributed by atoms with E-state index in [-0.39, 0.29) is 0 Å². The van der Waals surface area contributed by atoms with Crippen LogP contribution < -0.4 is 0 Å². The Kier molecular flexibility index (Phi) is 11.4. The third-order valence-corrected chi connectivity index (χ3v) is 22.1. The molecule has 2 aromatic carbocycles. The summed E-state index contributed by atoms with van der Waals surface area (Å²) < 4.78 is 38.4. The van der Waals surface area contributed by atoms with Gasteiger partial charge in [-0.2, -0.15) is 0 Å². The van der Waals surface area contributed by atoms with E-state index in [1.165, 1.54) is 0 Å². The van der Waals surface area contributed by atoms with Gasteiger partial charge in [-0.1, -0.05) is 45.9 Å². The number of para-hydroxylation sites is 2. The van der Waals surface area contributed by atoms with E-state index >= 15 is 0 Å². The summed E-state index contributed by atoms with van der Waals surface area (Å²) >= 11 is 3.32. The van der Waals surface area contributed by atoms with Gasteiger partial charge in [-0.15, -0.1) is 22.7 Å². The first-order valence-electron chi connectivity index (χ1n) is 12.7. The summed E-state index contributed by atoms with van der Waals surface area (Å²) in [6, 6.07) is 16.3. The molecule has 4 rings (SSSR count). The predicted octanol–water partition coefficient (Wildman–Crippen LogP) is 6.99. The van der Waals surface area contributed by atoms with Crippen LogP contribution in [-0.2, 0) is 36.6 Å². The second-order valence-electron chi connectivity index (χ2n) is 9.57. The second-order valence-corrected chi connectivity index (χ2v) is 22.7. The van der Waals surface area contributed by atoms with Crippen LogP contribution in [0.1, 0.15) is 23.9 Å². The third-order valence-electron chi connectivity index (χ3n) is 7.29. The second kappa shape index (κ2) is 14.0. The first-order chi connectivity index (χ1) is 19.7. The zero-order valence-electron chi connectivity index (χ0n) is 24.4. The lowest BCUT2D eigenvalue weighted by Crippen LogP contribution is -2.61. The maximum atomic E-state index is 6.02. The van der Waals surface area contributed by atoms with Gasteiger partial charge in [-0.05, 0) is 47.9 Å². The number of hydrogen-bond acceptors (Lipinski definition) is 13. The van der Waals surface area contributed by atoms with E-state index in [4.69, 9.17) is 36.5 Å². The highest BCUT2D eigenvalue weighted by Crippen LogP contribution is 2.49. The van der Waals surface area contributed by atoms with E-state index in [0.717, 1.165) is 30.4 Å².